The van der Waals surface area contributed by atoms with Crippen LogP contribution in [0.2, 0.25) is 0 Å². The molecule has 0 aliphatic heterocycles. The summed E-state index contributed by atoms with van der Waals surface area (Å²) in [6.07, 6.45) is 2.62. The van der Waals surface area contributed by atoms with Gasteiger partial charge in [-0.25, -0.2) is 0 Å². The minimum Gasteiger partial charge on any atom is -0.457 e. The van der Waals surface area contributed by atoms with Crippen molar-refractivity contribution in [3.63, 3.8) is 0 Å². The number of rotatable bonds is 7. The van der Waals surface area contributed by atoms with Gasteiger partial charge >= 0.3 is 5.97 Å². The molecule has 0 bridgehead atoms. The molecule has 0 unspecified atom stereocenters. The SMILES string of the molecule is CS/C(C#N)=C\[C@@H]1[C@@H](C(=O)O[C@H](C#N)c2cccc(Oc3ccccc3)c2)C1(C)C. The van der Waals surface area contributed by atoms with Crippen molar-refractivity contribution in [3.8, 4) is 23.6 Å². The maximum absolute atomic E-state index is 12.8. The van der Waals surface area contributed by atoms with Crippen LogP contribution in [0.15, 0.2) is 65.6 Å². The quantitative estimate of drug-likeness (QED) is 0.428. The van der Waals surface area contributed by atoms with Crippen LogP contribution in [0.4, 0.5) is 0 Å². The number of allylic oxidation sites excluding steroid dienone is 2. The highest BCUT2D eigenvalue weighted by atomic mass is 32.2. The van der Waals surface area contributed by atoms with Crippen molar-refractivity contribution in [2.24, 2.45) is 17.3 Å². The molecule has 3 atom stereocenters. The molecule has 2 aromatic rings. The summed E-state index contributed by atoms with van der Waals surface area (Å²) in [5.74, 6) is 0.338. The maximum Gasteiger partial charge on any atom is 0.311 e. The zero-order valence-corrected chi connectivity index (χ0v) is 17.8. The number of benzene rings is 2. The highest BCUT2D eigenvalue weighted by molar-refractivity contribution is 8.02. The molecule has 0 aromatic heterocycles. The number of carbonyl (C=O) groups excluding carboxylic acids is 1. The van der Waals surface area contributed by atoms with Crippen molar-refractivity contribution < 1.29 is 14.3 Å². The Bertz CT molecular complexity index is 1030. The van der Waals surface area contributed by atoms with Crippen molar-refractivity contribution in [1.29, 1.82) is 10.5 Å². The summed E-state index contributed by atoms with van der Waals surface area (Å²) < 4.78 is 11.4. The highest BCUT2D eigenvalue weighted by Gasteiger charge is 2.62. The summed E-state index contributed by atoms with van der Waals surface area (Å²) in [5.41, 5.74) is 0.236. The van der Waals surface area contributed by atoms with Crippen LogP contribution in [-0.2, 0) is 9.53 Å². The topological polar surface area (TPSA) is 83.1 Å². The molecule has 2 aromatic carbocycles. The molecule has 30 heavy (non-hydrogen) atoms. The Balaban J connectivity index is 1.72. The van der Waals surface area contributed by atoms with Crippen LogP contribution in [0.5, 0.6) is 11.5 Å². The summed E-state index contributed by atoms with van der Waals surface area (Å²) in [7, 11) is 0. The van der Waals surface area contributed by atoms with E-state index in [2.05, 4.69) is 12.1 Å². The number of ether oxygens (including phenoxy) is 2. The average molecular weight is 419 g/mol. The lowest BCUT2D eigenvalue weighted by Gasteiger charge is -2.13. The lowest BCUT2D eigenvalue weighted by Crippen LogP contribution is -2.14. The van der Waals surface area contributed by atoms with Crippen LogP contribution in [0.25, 0.3) is 0 Å². The highest BCUT2D eigenvalue weighted by Crippen LogP contribution is 2.60. The Hall–Kier alpha value is -3.22. The molecule has 1 saturated carbocycles. The molecular weight excluding hydrogens is 396 g/mol. The first-order valence-corrected chi connectivity index (χ1v) is 10.7. The monoisotopic (exact) mass is 418 g/mol. The number of hydrogen-bond acceptors (Lipinski definition) is 6. The summed E-state index contributed by atoms with van der Waals surface area (Å²) in [6, 6.07) is 20.5. The van der Waals surface area contributed by atoms with Gasteiger partial charge in [-0.1, -0.05) is 50.3 Å². The Morgan fingerprint density at radius 3 is 2.47 bits per heavy atom. The van der Waals surface area contributed by atoms with E-state index in [1.165, 1.54) is 11.8 Å². The summed E-state index contributed by atoms with van der Waals surface area (Å²) in [6.45, 7) is 3.93. The number of para-hydroxylation sites is 1. The van der Waals surface area contributed by atoms with E-state index in [-0.39, 0.29) is 17.3 Å². The normalized spacial score (nSPS) is 20.4. The second-order valence-electron chi connectivity index (χ2n) is 7.61. The van der Waals surface area contributed by atoms with Gasteiger partial charge in [0.05, 0.1) is 10.8 Å². The van der Waals surface area contributed by atoms with Gasteiger partial charge in [-0.2, -0.15) is 10.5 Å². The van der Waals surface area contributed by atoms with Crippen molar-refractivity contribution in [3.05, 3.63) is 71.1 Å². The van der Waals surface area contributed by atoms with Crippen LogP contribution in [-0.4, -0.2) is 12.2 Å². The summed E-state index contributed by atoms with van der Waals surface area (Å²) >= 11 is 1.35. The summed E-state index contributed by atoms with van der Waals surface area (Å²) in [5, 5.41) is 18.8. The zero-order chi connectivity index (χ0) is 21.7. The molecule has 0 N–H and O–H groups in total. The van der Waals surface area contributed by atoms with Crippen LogP contribution < -0.4 is 4.74 Å². The number of nitrogens with zero attached hydrogens (tertiary/aromatic N) is 2. The minimum absolute atomic E-state index is 0.0841. The molecule has 6 heteroatoms. The zero-order valence-electron chi connectivity index (χ0n) is 17.0. The molecule has 1 fully saturated rings. The van der Waals surface area contributed by atoms with Gasteiger partial charge in [-0.3, -0.25) is 4.79 Å². The van der Waals surface area contributed by atoms with Crippen molar-refractivity contribution in [1.82, 2.24) is 0 Å². The Kier molecular flexibility index (Phi) is 6.50. The van der Waals surface area contributed by atoms with Crippen molar-refractivity contribution in [2.45, 2.75) is 20.0 Å². The van der Waals surface area contributed by atoms with E-state index in [1.807, 2.05) is 56.5 Å². The second kappa shape index (κ2) is 9.07. The van der Waals surface area contributed by atoms with E-state index in [1.54, 1.807) is 24.3 Å². The van der Waals surface area contributed by atoms with Crippen molar-refractivity contribution >= 4 is 17.7 Å². The van der Waals surface area contributed by atoms with Gasteiger partial charge in [0.1, 0.15) is 23.6 Å². The van der Waals surface area contributed by atoms with E-state index < -0.39 is 12.1 Å². The number of carbonyl (C=O) groups is 1. The lowest BCUT2D eigenvalue weighted by atomic mass is 10.1. The third-order valence-corrected chi connectivity index (χ3v) is 5.98. The number of esters is 1. The van der Waals surface area contributed by atoms with E-state index in [9.17, 15) is 10.1 Å². The van der Waals surface area contributed by atoms with Crippen molar-refractivity contribution in [2.75, 3.05) is 6.26 Å². The van der Waals surface area contributed by atoms with Gasteiger partial charge in [-0.05, 0) is 41.9 Å². The molecule has 152 valence electrons. The standard InChI is InChI=1S/C24H22N2O3S/c1-24(2)20(13-19(14-25)30-3)22(24)23(27)29-21(15-26)16-8-7-11-18(12-16)28-17-9-5-4-6-10-17/h4-13,20-22H,1-3H3/b19-13-/t20-,21-,22+/m1/s1. The fourth-order valence-electron chi connectivity index (χ4n) is 3.48. The van der Waals surface area contributed by atoms with E-state index in [0.29, 0.717) is 22.0 Å². The largest absolute Gasteiger partial charge is 0.457 e. The molecule has 0 saturated heterocycles. The van der Waals surface area contributed by atoms with Crippen LogP contribution in [0.3, 0.4) is 0 Å². The first-order chi connectivity index (χ1) is 14.4. The first-order valence-electron chi connectivity index (χ1n) is 9.49. The second-order valence-corrected chi connectivity index (χ2v) is 8.45. The molecule has 0 radical (unpaired) electrons. The smallest absolute Gasteiger partial charge is 0.311 e. The van der Waals surface area contributed by atoms with Crippen LogP contribution in [0, 0.1) is 39.9 Å². The third kappa shape index (κ3) is 4.67. The molecule has 0 heterocycles. The Labute approximate surface area is 180 Å². The van der Waals surface area contributed by atoms with Crippen LogP contribution in [0.1, 0.15) is 25.5 Å². The fourth-order valence-corrected chi connectivity index (χ4v) is 3.85. The predicted octanol–water partition coefficient (Wildman–Crippen LogP) is 5.63. The van der Waals surface area contributed by atoms with Gasteiger partial charge in [0, 0.05) is 5.56 Å². The molecule has 3 rings (SSSR count). The van der Waals surface area contributed by atoms with Crippen LogP contribution >= 0.6 is 11.8 Å². The Morgan fingerprint density at radius 1 is 1.13 bits per heavy atom. The van der Waals surface area contributed by atoms with E-state index >= 15 is 0 Å². The number of thioether (sulfide) groups is 1. The summed E-state index contributed by atoms with van der Waals surface area (Å²) in [4.78, 5) is 13.4. The average Bonchev–Trinajstić information content (AvgIpc) is 3.30. The minimum atomic E-state index is -1.03. The molecule has 1 aliphatic carbocycles. The molecule has 5 nitrogen and oxygen atoms in total. The molecular formula is C24H22N2O3S. The molecule has 1 aliphatic rings. The maximum atomic E-state index is 12.8. The Morgan fingerprint density at radius 2 is 1.83 bits per heavy atom. The van der Waals surface area contributed by atoms with E-state index in [0.717, 1.165) is 0 Å². The van der Waals surface area contributed by atoms with Gasteiger partial charge in [0.15, 0.2) is 0 Å². The molecule has 0 amide bonds. The van der Waals surface area contributed by atoms with Gasteiger partial charge in [0.2, 0.25) is 6.10 Å². The van der Waals surface area contributed by atoms with E-state index in [4.69, 9.17) is 14.7 Å². The number of hydrogen-bond donors (Lipinski definition) is 0. The third-order valence-electron chi connectivity index (χ3n) is 5.32. The van der Waals surface area contributed by atoms with Gasteiger partial charge in [-0.15, -0.1) is 11.8 Å². The number of nitriles is 2. The first kappa shape index (κ1) is 21.5. The predicted molar refractivity (Wildman–Crippen MR) is 115 cm³/mol. The fraction of sp³-hybridized carbons (Fsp3) is 0.292. The van der Waals surface area contributed by atoms with Gasteiger partial charge in [0.25, 0.3) is 0 Å². The lowest BCUT2D eigenvalue weighted by molar-refractivity contribution is -0.149. The van der Waals surface area contributed by atoms with Gasteiger partial charge < -0.3 is 9.47 Å². The molecule has 0 spiro atoms.